The second-order valence-corrected chi connectivity index (χ2v) is 37.3. The molecule has 17 amide bonds. The smallest absolute Gasteiger partial charge is 0.305 e. The van der Waals surface area contributed by atoms with Crippen molar-refractivity contribution in [3.8, 4) is 22.3 Å². The second-order valence-electron chi connectivity index (χ2n) is 36.2. The number of guanidine groups is 1. The molecule has 9 rings (SSSR count). The Bertz CT molecular complexity index is 5420. The van der Waals surface area contributed by atoms with E-state index in [1.54, 1.807) is 133 Å². The van der Waals surface area contributed by atoms with Gasteiger partial charge in [0.2, 0.25) is 100 Å². The predicted octanol–water partition coefficient (Wildman–Crippen LogP) is -0.0927. The van der Waals surface area contributed by atoms with Gasteiger partial charge >= 0.3 is 5.97 Å². The fraction of sp³-hybridized carbons (Fsp3) is 0.444. The van der Waals surface area contributed by atoms with E-state index < -0.39 is 222 Å². The number of primary amides is 2. The molecule has 0 spiro atoms. The van der Waals surface area contributed by atoms with Gasteiger partial charge in [0.05, 0.1) is 38.5 Å². The largest absolute Gasteiger partial charge is 0.481 e. The lowest BCUT2D eigenvalue weighted by atomic mass is 9.98. The van der Waals surface area contributed by atoms with Gasteiger partial charge in [-0.05, 0) is 119 Å². The number of aliphatic carboxylic acids is 1. The van der Waals surface area contributed by atoms with E-state index in [4.69, 9.17) is 27.3 Å². The zero-order chi connectivity index (χ0) is 103. The molecule has 0 bridgehead atoms. The van der Waals surface area contributed by atoms with Crippen LogP contribution in [0.1, 0.15) is 120 Å². The van der Waals surface area contributed by atoms with Gasteiger partial charge in [0.25, 0.3) is 0 Å². The molecule has 6 aromatic rings. The first-order valence-electron chi connectivity index (χ1n) is 46.8. The molecule has 0 saturated carbocycles. The highest BCUT2D eigenvalue weighted by atomic mass is 32.2. The summed E-state index contributed by atoms with van der Waals surface area (Å²) in [5.41, 5.74) is 22.2. The highest BCUT2D eigenvalue weighted by Gasteiger charge is 2.44. The average Bonchev–Trinajstić information content (AvgIpc) is 1.69. The number of carbonyl (C=O) groups is 18. The number of rotatable bonds is 27. The number of hydrogen-bond acceptors (Lipinski definition) is 22. The Morgan fingerprint density at radius 2 is 0.979 bits per heavy atom. The second kappa shape index (κ2) is 54.0. The summed E-state index contributed by atoms with van der Waals surface area (Å²) in [6.07, 6.45) is -2.44. The molecule has 141 heavy (non-hydrogen) atoms. The molecule has 0 aromatic heterocycles. The van der Waals surface area contributed by atoms with Crippen molar-refractivity contribution in [2.45, 2.75) is 185 Å². The van der Waals surface area contributed by atoms with Gasteiger partial charge in [0, 0.05) is 89.4 Å². The maximum absolute atomic E-state index is 15.8. The Balaban J connectivity index is 1.12. The van der Waals surface area contributed by atoms with Gasteiger partial charge in [-0.3, -0.25) is 96.6 Å². The van der Waals surface area contributed by atoms with Crippen LogP contribution in [0.15, 0.2) is 158 Å². The molecule has 12 atom stereocenters. The third-order valence-electron chi connectivity index (χ3n) is 23.7. The Labute approximate surface area is 821 Å². The Hall–Kier alpha value is -14.7. The molecular weight excluding hydrogens is 1840 g/mol. The Morgan fingerprint density at radius 3 is 1.55 bits per heavy atom. The number of nitrogens with two attached hydrogens (primary N) is 3. The average molecular weight is 1970 g/mol. The van der Waals surface area contributed by atoms with Crippen LogP contribution in [0.5, 0.6) is 0 Å². The van der Waals surface area contributed by atoms with Crippen molar-refractivity contribution in [3.05, 3.63) is 186 Å². The maximum Gasteiger partial charge on any atom is 0.305 e. The summed E-state index contributed by atoms with van der Waals surface area (Å²) in [6, 6.07) is 25.5. The van der Waals surface area contributed by atoms with Crippen LogP contribution >= 0.6 is 11.8 Å². The fourth-order valence-electron chi connectivity index (χ4n) is 16.3. The van der Waals surface area contributed by atoms with Crippen LogP contribution in [0.4, 0.5) is 5.69 Å². The van der Waals surface area contributed by atoms with Gasteiger partial charge in [0.1, 0.15) is 72.5 Å². The first-order chi connectivity index (χ1) is 67.1. The number of hydrogen-bond donors (Lipinski definition) is 19. The Morgan fingerprint density at radius 1 is 0.496 bits per heavy atom. The number of thioether (sulfide) groups is 1. The molecule has 3 saturated heterocycles. The number of ether oxygens (including phenoxy) is 1. The molecule has 3 fully saturated rings. The number of anilines is 1. The van der Waals surface area contributed by atoms with Gasteiger partial charge < -0.3 is 111 Å². The first kappa shape index (κ1) is 110. The minimum atomic E-state index is -2.01. The fourth-order valence-corrected chi connectivity index (χ4v) is 17.2. The van der Waals surface area contributed by atoms with E-state index in [0.717, 1.165) is 33.4 Å². The number of carboxylic acid groups (broad SMARTS) is 1. The molecule has 42 heteroatoms. The molecule has 0 unspecified atom stereocenters. The SMILES string of the molecule is CC(=O)Nc1ccc(-c2ccc(C[C@@H]3NC(=O)[C@H](Cc4ccc(-c5ccccc5)cc4)NC(=O)[C@H](CN4CCOCC4)NC(=O)CSC[C@@H](C(=O)NCC(N)=O)NC(=O)[C@H](CC(C)C)NC(=O)[C@H](Cc4cccc(C(N)=O)c4)NC(=O)[C@H](C(C)C)NC(=O)[C@@H]4CCCN4C(=O)[C@H](C(C)C)NC(=O)[C@@H](CCCNC(=N)N)NC(=O)[C@H](CC(=O)O)NC(=O)[C@H](Cc4ccccc4)NC(=O)CN(C)C3=O)cc2)cc1. The number of carbonyl (C=O) groups excluding carboxylic acids is 17. The highest BCUT2D eigenvalue weighted by molar-refractivity contribution is 8.00. The Kier molecular flexibility index (Phi) is 42.1. The minimum Gasteiger partial charge on any atom is -0.481 e. The molecule has 0 radical (unpaired) electrons. The van der Waals surface area contributed by atoms with Gasteiger partial charge in [-0.15, -0.1) is 11.8 Å². The van der Waals surface area contributed by atoms with E-state index in [0.29, 0.717) is 27.9 Å². The topological polar surface area (TPSA) is 617 Å². The van der Waals surface area contributed by atoms with Crippen molar-refractivity contribution in [3.63, 3.8) is 0 Å². The number of likely N-dealkylation sites (N-methyl/N-ethyl adjacent to an activating group) is 1. The first-order valence-corrected chi connectivity index (χ1v) is 48.0. The monoisotopic (exact) mass is 1960 g/mol. The van der Waals surface area contributed by atoms with Crippen LogP contribution in [0.25, 0.3) is 22.3 Å². The molecule has 756 valence electrons. The highest BCUT2D eigenvalue weighted by Crippen LogP contribution is 2.27. The van der Waals surface area contributed by atoms with Gasteiger partial charge in [-0.25, -0.2) is 0 Å². The van der Waals surface area contributed by atoms with E-state index in [1.165, 1.54) is 43.1 Å². The van der Waals surface area contributed by atoms with Crippen molar-refractivity contribution in [1.29, 1.82) is 5.41 Å². The van der Waals surface area contributed by atoms with Crippen LogP contribution in [0.3, 0.4) is 0 Å². The number of fused-ring (bicyclic) bond motifs is 1. The molecular formula is C99H129N21O20S. The van der Waals surface area contributed by atoms with E-state index in [2.05, 4.69) is 74.4 Å². The molecule has 0 aliphatic carbocycles. The summed E-state index contributed by atoms with van der Waals surface area (Å²) in [6.45, 7) is 10.4. The van der Waals surface area contributed by atoms with Crippen LogP contribution in [-0.4, -0.2) is 282 Å². The zero-order valence-electron chi connectivity index (χ0n) is 80.2. The summed E-state index contributed by atoms with van der Waals surface area (Å²) in [4.78, 5) is 264. The molecule has 3 aliphatic rings. The van der Waals surface area contributed by atoms with E-state index in [9.17, 15) is 57.8 Å². The molecule has 6 aromatic carbocycles. The molecule has 3 heterocycles. The van der Waals surface area contributed by atoms with E-state index >= 15 is 33.6 Å². The van der Waals surface area contributed by atoms with Crippen molar-refractivity contribution >= 4 is 130 Å². The number of morpholine rings is 1. The lowest BCUT2D eigenvalue weighted by molar-refractivity contribution is -0.144. The zero-order valence-corrected chi connectivity index (χ0v) is 81.0. The third-order valence-corrected chi connectivity index (χ3v) is 24.8. The predicted molar refractivity (Wildman–Crippen MR) is 525 cm³/mol. The summed E-state index contributed by atoms with van der Waals surface area (Å²) in [5.74, 6) is -20.2. The number of carboxylic acids is 1. The summed E-state index contributed by atoms with van der Waals surface area (Å²) >= 11 is 0.807. The third kappa shape index (κ3) is 35.0. The van der Waals surface area contributed by atoms with Gasteiger partial charge in [-0.2, -0.15) is 0 Å². The van der Waals surface area contributed by atoms with Crippen LogP contribution in [0.2, 0.25) is 0 Å². The van der Waals surface area contributed by atoms with Gasteiger partial charge in [-0.1, -0.05) is 175 Å². The molecule has 22 N–H and O–H groups in total. The molecule has 41 nitrogen and oxygen atoms in total. The quantitative estimate of drug-likeness (QED) is 0.0182. The summed E-state index contributed by atoms with van der Waals surface area (Å²) in [7, 11) is 1.25. The summed E-state index contributed by atoms with van der Waals surface area (Å²) < 4.78 is 5.65. The number of benzene rings is 6. The van der Waals surface area contributed by atoms with Crippen LogP contribution < -0.4 is 91.6 Å². The minimum absolute atomic E-state index is 0.0107. The normalized spacial score (nSPS) is 22.4. The van der Waals surface area contributed by atoms with Crippen LogP contribution in [0, 0.1) is 23.2 Å². The lowest BCUT2D eigenvalue weighted by Gasteiger charge is -2.33. The van der Waals surface area contributed by atoms with Crippen molar-refractivity contribution in [1.82, 2.24) is 83.8 Å². The van der Waals surface area contributed by atoms with Crippen molar-refractivity contribution in [2.75, 3.05) is 82.9 Å². The van der Waals surface area contributed by atoms with E-state index in [1.807, 2.05) is 47.4 Å². The van der Waals surface area contributed by atoms with Crippen molar-refractivity contribution < 1.29 is 96.1 Å². The van der Waals surface area contributed by atoms with Crippen molar-refractivity contribution in [2.24, 2.45) is 35.0 Å². The number of nitrogens with zero attached hydrogens (tertiary/aromatic N) is 3. The number of amides is 17. The van der Waals surface area contributed by atoms with E-state index in [-0.39, 0.29) is 127 Å². The lowest BCUT2D eigenvalue weighted by Crippen LogP contribution is -2.62. The maximum atomic E-state index is 15.8. The molecule has 3 aliphatic heterocycles. The summed E-state index contributed by atoms with van der Waals surface area (Å²) in [5, 5.41) is 55.7. The van der Waals surface area contributed by atoms with Crippen LogP contribution in [-0.2, 0) is 112 Å². The standard InChI is InChI=1S/C99H129N21O20S/c1-56(2)44-71-89(130)115-78(87(128)105-51-80(100)122)54-141-55-82(124)108-77(52-119-40-42-140-43-41-119)94(135)111-73(47-61-26-30-65(31-27-61)64-21-13-10-14-22-64)92(133)114-76(48-62-28-32-66(33-29-62)67-34-36-69(37-35-67)106-59(7)121)97(138)118(8)53-81(123)107-72(46-60-18-11-9-12-19-60)90(131)112-75(50-83(125)126)93(134)109-70(24-16-38-104-99(102)103)88(129)117-85(58(5)6)98(139)120-39-17-25-79(120)95(136)116-84(57(3)4)96(137)113-74(91(132)110-71)49-63-20-15-23-68(45-63)86(101)127/h9-15,18-23,26-37,45,56-58,70-79,84-85H,16-17,24-25,38-44,46-55H2,1-8H3,(H2,100,122)(H2,101,127)(H,105,128)(H,106,121)(H,107,123)(H,108,124)(H,109,134)(H,110,132)(H,111,135)(H,112,131)(H,113,137)(H,114,133)(H,115,130)(H,116,136)(H,117,129)(H,125,126)(H4,102,103,104)/t70-,71+,72+,73+,74+,75+,76+,77+,78+,79+,84+,85+/m1/s1. The van der Waals surface area contributed by atoms with Gasteiger partial charge in [0.15, 0.2) is 5.96 Å². The number of nitrogens with one attached hydrogen (secondary N) is 15.